The van der Waals surface area contributed by atoms with Gasteiger partial charge in [-0.2, -0.15) is 0 Å². The van der Waals surface area contributed by atoms with E-state index < -0.39 is 16.8 Å². The molecule has 0 aromatic heterocycles. The van der Waals surface area contributed by atoms with E-state index in [1.807, 2.05) is 0 Å². The number of hydrogen-bond acceptors (Lipinski definition) is 7. The summed E-state index contributed by atoms with van der Waals surface area (Å²) in [5, 5.41) is 10.9. The van der Waals surface area contributed by atoms with Crippen LogP contribution in [0.5, 0.6) is 23.0 Å². The lowest BCUT2D eigenvalue weighted by Gasteiger charge is -2.24. The molecule has 0 radical (unpaired) electrons. The summed E-state index contributed by atoms with van der Waals surface area (Å²) in [4.78, 5) is 24.6. The van der Waals surface area contributed by atoms with Crippen molar-refractivity contribution in [2.24, 2.45) is 0 Å². The van der Waals surface area contributed by atoms with Gasteiger partial charge in [-0.1, -0.05) is 0 Å². The monoisotopic (exact) mass is 386 g/mol. The van der Waals surface area contributed by atoms with Crippen molar-refractivity contribution in [3.8, 4) is 23.0 Å². The molecule has 0 N–H and O–H groups in total. The highest BCUT2D eigenvalue weighted by atomic mass is 16.7. The first-order chi connectivity index (χ1) is 13.2. The molecule has 146 valence electrons. The number of carbonyl (C=O) groups excluding carboxylic acids is 1. The van der Waals surface area contributed by atoms with E-state index in [1.165, 1.54) is 23.1 Å². The van der Waals surface area contributed by atoms with Gasteiger partial charge < -0.3 is 23.8 Å². The Balaban J connectivity index is 1.55. The Morgan fingerprint density at radius 3 is 2.36 bits per heavy atom. The zero-order valence-electron chi connectivity index (χ0n) is 15.5. The van der Waals surface area contributed by atoms with Gasteiger partial charge in [0.15, 0.2) is 34.9 Å². The predicted octanol–water partition coefficient (Wildman–Crippen LogP) is 3.61. The average molecular weight is 386 g/mol. The van der Waals surface area contributed by atoms with Gasteiger partial charge >= 0.3 is 0 Å². The predicted molar refractivity (Wildman–Crippen MR) is 98.0 cm³/mol. The molecule has 9 nitrogen and oxygen atoms in total. The Hall–Kier alpha value is -3.17. The molecule has 1 amide bonds. The highest BCUT2D eigenvalue weighted by molar-refractivity contribution is 5.96. The lowest BCUT2D eigenvalue weighted by Crippen LogP contribution is -2.38. The number of fused-ring (bicyclic) bond motifs is 2. The van der Waals surface area contributed by atoms with Crippen LogP contribution < -0.4 is 14.4 Å². The van der Waals surface area contributed by atoms with Gasteiger partial charge in [-0.15, -0.1) is 0 Å². The second kappa shape index (κ2) is 6.47. The lowest BCUT2D eigenvalue weighted by atomic mass is 10.2. The van der Waals surface area contributed by atoms with Gasteiger partial charge in [-0.05, 0) is 32.0 Å². The molecule has 2 aromatic carbocycles. The summed E-state index contributed by atoms with van der Waals surface area (Å²) in [7, 11) is 1.64. The maximum atomic E-state index is 12.7. The number of ether oxygens (including phenoxy) is 4. The Morgan fingerprint density at radius 2 is 1.75 bits per heavy atom. The third-order valence-corrected chi connectivity index (χ3v) is 4.51. The molecule has 0 spiro atoms. The first-order valence-corrected chi connectivity index (χ1v) is 8.61. The van der Waals surface area contributed by atoms with E-state index >= 15 is 0 Å². The number of anilines is 1. The fraction of sp³-hybridized carbons (Fsp3) is 0.316. The van der Waals surface area contributed by atoms with Crippen LogP contribution in [0.2, 0.25) is 0 Å². The second-order valence-corrected chi connectivity index (χ2v) is 6.94. The molecule has 2 heterocycles. The van der Waals surface area contributed by atoms with Crippen LogP contribution in [0.1, 0.15) is 13.8 Å². The highest BCUT2D eigenvalue weighted by Crippen LogP contribution is 2.47. The minimum atomic E-state index is -0.791. The molecule has 4 rings (SSSR count). The Bertz CT molecular complexity index is 973. The van der Waals surface area contributed by atoms with Gasteiger partial charge in [0.1, 0.15) is 0 Å². The molecule has 0 unspecified atom stereocenters. The molecule has 2 aromatic rings. The fourth-order valence-electron chi connectivity index (χ4n) is 3.03. The minimum Gasteiger partial charge on any atom is -0.449 e. The summed E-state index contributed by atoms with van der Waals surface area (Å²) in [6.45, 7) is 3.70. The van der Waals surface area contributed by atoms with Gasteiger partial charge in [-0.3, -0.25) is 14.9 Å². The molecule has 9 heteroatoms. The maximum Gasteiger partial charge on any atom is 0.273 e. The summed E-state index contributed by atoms with van der Waals surface area (Å²) in [6.07, 6.45) is -0.686. The number of amides is 1. The molecule has 1 saturated heterocycles. The van der Waals surface area contributed by atoms with Crippen LogP contribution in [0.15, 0.2) is 36.4 Å². The Kier molecular flexibility index (Phi) is 4.20. The van der Waals surface area contributed by atoms with Crippen LogP contribution >= 0.6 is 0 Å². The van der Waals surface area contributed by atoms with Gasteiger partial charge in [0.25, 0.3) is 11.6 Å². The van der Waals surface area contributed by atoms with Crippen LogP contribution in [-0.2, 0) is 14.3 Å². The third kappa shape index (κ3) is 3.25. The number of nitro groups is 1. The number of hydrogen-bond donors (Lipinski definition) is 0. The van der Waals surface area contributed by atoms with Crippen molar-refractivity contribution in [1.82, 2.24) is 0 Å². The van der Waals surface area contributed by atoms with Gasteiger partial charge in [0.2, 0.25) is 0 Å². The van der Waals surface area contributed by atoms with Crippen LogP contribution in [0.4, 0.5) is 11.4 Å². The van der Waals surface area contributed by atoms with E-state index in [9.17, 15) is 14.9 Å². The topological polar surface area (TPSA) is 100 Å². The quantitative estimate of drug-likeness (QED) is 0.501. The van der Waals surface area contributed by atoms with E-state index in [-0.39, 0.29) is 24.0 Å². The molecule has 0 bridgehead atoms. The minimum absolute atomic E-state index is 0.0885. The van der Waals surface area contributed by atoms with Crippen molar-refractivity contribution in [3.63, 3.8) is 0 Å². The average Bonchev–Trinajstić information content (AvgIpc) is 3.04. The van der Waals surface area contributed by atoms with Gasteiger partial charge in [-0.25, -0.2) is 0 Å². The number of non-ortho nitro benzene ring substituents is 1. The molecule has 2 aliphatic rings. The standard InChI is InChI=1S/C19H18N2O7/c1-19(2)25-10-17(28-19)18(22)20(3)11-4-6-13-15(8-11)26-14-7-5-12(21(23)24)9-16(14)27-13/h4-9,17H,10H2,1-3H3/t17-/m0/s1. The third-order valence-electron chi connectivity index (χ3n) is 4.51. The highest BCUT2D eigenvalue weighted by Gasteiger charge is 2.38. The number of likely N-dealkylation sites (N-methyl/N-ethyl adjacent to an activating group) is 1. The van der Waals surface area contributed by atoms with Gasteiger partial charge in [0.05, 0.1) is 17.6 Å². The van der Waals surface area contributed by atoms with Gasteiger partial charge in [0, 0.05) is 24.9 Å². The van der Waals surface area contributed by atoms with Crippen molar-refractivity contribution < 1.29 is 28.7 Å². The van der Waals surface area contributed by atoms with E-state index in [2.05, 4.69) is 0 Å². The molecule has 28 heavy (non-hydrogen) atoms. The van der Waals surface area contributed by atoms with E-state index in [0.717, 1.165) is 0 Å². The maximum absolute atomic E-state index is 12.7. The molecule has 0 saturated carbocycles. The van der Waals surface area contributed by atoms with E-state index in [4.69, 9.17) is 18.9 Å². The first-order valence-electron chi connectivity index (χ1n) is 8.61. The van der Waals surface area contributed by atoms with E-state index in [0.29, 0.717) is 22.9 Å². The van der Waals surface area contributed by atoms with Crippen LogP contribution in [0, 0.1) is 10.1 Å². The Morgan fingerprint density at radius 1 is 1.11 bits per heavy atom. The zero-order valence-corrected chi connectivity index (χ0v) is 15.5. The summed E-state index contributed by atoms with van der Waals surface area (Å²) < 4.78 is 22.6. The van der Waals surface area contributed by atoms with Crippen molar-refractivity contribution in [2.75, 3.05) is 18.6 Å². The fourth-order valence-corrected chi connectivity index (χ4v) is 3.03. The number of nitro benzene ring substituents is 1. The SMILES string of the molecule is CN(C(=O)[C@@H]1COC(C)(C)O1)c1ccc2c(c1)Oc1ccc([N+](=O)[O-])cc1O2. The van der Waals surface area contributed by atoms with E-state index in [1.54, 1.807) is 39.1 Å². The summed E-state index contributed by atoms with van der Waals surface area (Å²) in [5.74, 6) is 0.399. The summed E-state index contributed by atoms with van der Waals surface area (Å²) in [6, 6.07) is 9.13. The van der Waals surface area contributed by atoms with Crippen LogP contribution in [-0.4, -0.2) is 36.4 Å². The molecular weight excluding hydrogens is 368 g/mol. The molecule has 2 aliphatic heterocycles. The smallest absolute Gasteiger partial charge is 0.273 e. The molecule has 0 aliphatic carbocycles. The number of carbonyl (C=O) groups is 1. The Labute approximate surface area is 160 Å². The van der Waals surface area contributed by atoms with Crippen LogP contribution in [0.25, 0.3) is 0 Å². The second-order valence-electron chi connectivity index (χ2n) is 6.94. The lowest BCUT2D eigenvalue weighted by molar-refractivity contribution is -0.384. The zero-order chi connectivity index (χ0) is 20.1. The number of rotatable bonds is 3. The van der Waals surface area contributed by atoms with Crippen molar-refractivity contribution in [1.29, 1.82) is 0 Å². The van der Waals surface area contributed by atoms with Crippen molar-refractivity contribution in [2.45, 2.75) is 25.7 Å². The normalized spacial score (nSPS) is 19.0. The summed E-state index contributed by atoms with van der Waals surface area (Å²) >= 11 is 0. The largest absolute Gasteiger partial charge is 0.449 e. The number of nitrogens with zero attached hydrogens (tertiary/aromatic N) is 2. The van der Waals surface area contributed by atoms with Crippen molar-refractivity contribution in [3.05, 3.63) is 46.5 Å². The molecule has 1 atom stereocenters. The van der Waals surface area contributed by atoms with Crippen LogP contribution in [0.3, 0.4) is 0 Å². The molecule has 1 fully saturated rings. The summed E-state index contributed by atoms with van der Waals surface area (Å²) in [5.41, 5.74) is 0.500. The van der Waals surface area contributed by atoms with Crippen molar-refractivity contribution >= 4 is 17.3 Å². The molecular formula is C19H18N2O7. The first kappa shape index (κ1) is 18.2. The number of benzene rings is 2.